The van der Waals surface area contributed by atoms with Crippen molar-refractivity contribution >= 4 is 5.91 Å². The first-order valence-corrected chi connectivity index (χ1v) is 11.3. The Balaban J connectivity index is 1.17. The third kappa shape index (κ3) is 4.21. The maximum Gasteiger partial charge on any atom is 0.289 e. The Morgan fingerprint density at radius 1 is 1.03 bits per heavy atom. The molecule has 0 spiro atoms. The molecule has 0 unspecified atom stereocenters. The van der Waals surface area contributed by atoms with Gasteiger partial charge in [0, 0.05) is 50.1 Å². The summed E-state index contributed by atoms with van der Waals surface area (Å²) >= 11 is 0. The van der Waals surface area contributed by atoms with Crippen LogP contribution in [0.5, 0.6) is 0 Å². The highest BCUT2D eigenvalue weighted by Crippen LogP contribution is 2.31. The Hall–Kier alpha value is -2.94. The normalized spacial score (nSPS) is 18.4. The van der Waals surface area contributed by atoms with Gasteiger partial charge in [-0.3, -0.25) is 4.79 Å². The highest BCUT2D eigenvalue weighted by molar-refractivity contribution is 5.91. The van der Waals surface area contributed by atoms with Gasteiger partial charge >= 0.3 is 0 Å². The first-order chi connectivity index (χ1) is 15.6. The average Bonchev–Trinajstić information content (AvgIpc) is 3.57. The van der Waals surface area contributed by atoms with Gasteiger partial charge in [-0.05, 0) is 51.7 Å². The van der Waals surface area contributed by atoms with Gasteiger partial charge in [0.25, 0.3) is 5.91 Å². The second-order valence-electron chi connectivity index (χ2n) is 8.69. The van der Waals surface area contributed by atoms with E-state index >= 15 is 0 Å². The Labute approximate surface area is 186 Å². The van der Waals surface area contributed by atoms with Gasteiger partial charge in [-0.1, -0.05) is 10.3 Å². The van der Waals surface area contributed by atoms with Crippen LogP contribution < -0.4 is 0 Å². The van der Waals surface area contributed by atoms with Gasteiger partial charge in [-0.2, -0.15) is 4.98 Å². The molecule has 5 rings (SSSR count). The molecule has 32 heavy (non-hydrogen) atoms. The van der Waals surface area contributed by atoms with Crippen molar-refractivity contribution in [1.82, 2.24) is 20.2 Å². The van der Waals surface area contributed by atoms with Crippen LogP contribution in [-0.4, -0.2) is 52.4 Å². The van der Waals surface area contributed by atoms with Crippen LogP contribution >= 0.6 is 0 Å². The summed E-state index contributed by atoms with van der Waals surface area (Å²) in [6, 6.07) is 3.60. The SMILES string of the molecule is Cc1noc(C)c1Cc1ccc(C(=O)N2CCC(c3nc(C4CCOCC4)no3)CC2)o1. The van der Waals surface area contributed by atoms with Gasteiger partial charge in [0.1, 0.15) is 11.5 Å². The number of nitrogens with zero attached hydrogens (tertiary/aromatic N) is 4. The van der Waals surface area contributed by atoms with Gasteiger partial charge in [-0.25, -0.2) is 0 Å². The molecular weight excluding hydrogens is 412 g/mol. The standard InChI is InChI=1S/C23H28N4O5/c1-14-19(15(2)31-25-14)13-18-3-4-20(30-18)23(28)27-9-5-17(6-10-27)22-24-21(26-32-22)16-7-11-29-12-8-16/h3-4,16-17H,5-13H2,1-2H3. The summed E-state index contributed by atoms with van der Waals surface area (Å²) in [6.45, 7) is 6.56. The van der Waals surface area contributed by atoms with Gasteiger partial charge < -0.3 is 23.1 Å². The Bertz CT molecular complexity index is 1050. The lowest BCUT2D eigenvalue weighted by molar-refractivity contribution is 0.0670. The molecule has 9 nitrogen and oxygen atoms in total. The van der Waals surface area contributed by atoms with Crippen LogP contribution in [0.15, 0.2) is 25.6 Å². The van der Waals surface area contributed by atoms with E-state index in [4.69, 9.17) is 18.2 Å². The molecule has 2 aliphatic rings. The monoisotopic (exact) mass is 440 g/mol. The van der Waals surface area contributed by atoms with Crippen LogP contribution in [0, 0.1) is 13.8 Å². The maximum absolute atomic E-state index is 12.9. The molecular formula is C23H28N4O5. The van der Waals surface area contributed by atoms with Crippen LogP contribution in [0.1, 0.15) is 82.6 Å². The van der Waals surface area contributed by atoms with Crippen LogP contribution in [0.3, 0.4) is 0 Å². The number of amides is 1. The minimum atomic E-state index is -0.0816. The first kappa shape index (κ1) is 20.9. The third-order valence-electron chi connectivity index (χ3n) is 6.58. The van der Waals surface area contributed by atoms with Crippen LogP contribution in [0.25, 0.3) is 0 Å². The number of carbonyl (C=O) groups excluding carboxylic acids is 1. The van der Waals surface area contributed by atoms with E-state index in [1.165, 1.54) is 0 Å². The minimum absolute atomic E-state index is 0.0816. The molecule has 0 atom stereocenters. The first-order valence-electron chi connectivity index (χ1n) is 11.3. The summed E-state index contributed by atoms with van der Waals surface area (Å²) in [5.41, 5.74) is 1.84. The lowest BCUT2D eigenvalue weighted by Gasteiger charge is -2.29. The Morgan fingerprint density at radius 2 is 1.81 bits per heavy atom. The predicted molar refractivity (Wildman–Crippen MR) is 112 cm³/mol. The van der Waals surface area contributed by atoms with Crippen molar-refractivity contribution in [1.29, 1.82) is 0 Å². The highest BCUT2D eigenvalue weighted by atomic mass is 16.5. The molecule has 0 aliphatic carbocycles. The molecule has 0 N–H and O–H groups in total. The molecule has 0 saturated carbocycles. The largest absolute Gasteiger partial charge is 0.456 e. The van der Waals surface area contributed by atoms with E-state index in [0.717, 1.165) is 67.5 Å². The molecule has 2 aliphatic heterocycles. The second-order valence-corrected chi connectivity index (χ2v) is 8.69. The fraction of sp³-hybridized carbons (Fsp3) is 0.565. The third-order valence-corrected chi connectivity index (χ3v) is 6.58. The molecule has 9 heteroatoms. The number of carbonyl (C=O) groups is 1. The average molecular weight is 441 g/mol. The predicted octanol–water partition coefficient (Wildman–Crippen LogP) is 3.77. The topological polar surface area (TPSA) is 108 Å². The lowest BCUT2D eigenvalue weighted by atomic mass is 9.96. The number of hydrogen-bond donors (Lipinski definition) is 0. The summed E-state index contributed by atoms with van der Waals surface area (Å²) < 4.78 is 22.0. The van der Waals surface area contributed by atoms with Crippen molar-refractivity contribution in [3.63, 3.8) is 0 Å². The van der Waals surface area contributed by atoms with Crippen molar-refractivity contribution in [2.75, 3.05) is 26.3 Å². The zero-order chi connectivity index (χ0) is 22.1. The molecule has 3 aromatic heterocycles. The number of hydrogen-bond acceptors (Lipinski definition) is 8. The fourth-order valence-corrected chi connectivity index (χ4v) is 4.54. The Kier molecular flexibility index (Phi) is 5.82. The molecule has 0 aromatic carbocycles. The van der Waals surface area contributed by atoms with E-state index in [9.17, 15) is 4.79 Å². The van der Waals surface area contributed by atoms with Crippen LogP contribution in [-0.2, 0) is 11.2 Å². The van der Waals surface area contributed by atoms with Crippen LogP contribution in [0.2, 0.25) is 0 Å². The van der Waals surface area contributed by atoms with Crippen molar-refractivity contribution < 1.29 is 23.0 Å². The summed E-state index contributed by atoms with van der Waals surface area (Å²) in [6.07, 6.45) is 4.03. The molecule has 0 bridgehead atoms. The van der Waals surface area contributed by atoms with Crippen molar-refractivity contribution in [3.05, 3.63) is 52.4 Å². The molecule has 2 fully saturated rings. The van der Waals surface area contributed by atoms with Gasteiger partial charge in [0.05, 0.1) is 5.69 Å². The van der Waals surface area contributed by atoms with E-state index in [0.29, 0.717) is 37.1 Å². The quantitative estimate of drug-likeness (QED) is 0.590. The second kappa shape index (κ2) is 8.90. The smallest absolute Gasteiger partial charge is 0.289 e. The molecule has 5 heterocycles. The van der Waals surface area contributed by atoms with Gasteiger partial charge in [0.2, 0.25) is 5.89 Å². The van der Waals surface area contributed by atoms with E-state index in [1.807, 2.05) is 24.8 Å². The summed E-state index contributed by atoms with van der Waals surface area (Å²) in [5, 5.41) is 8.19. The van der Waals surface area contributed by atoms with E-state index < -0.39 is 0 Å². The van der Waals surface area contributed by atoms with Crippen LogP contribution in [0.4, 0.5) is 0 Å². The van der Waals surface area contributed by atoms with Gasteiger partial charge in [0.15, 0.2) is 11.6 Å². The fourth-order valence-electron chi connectivity index (χ4n) is 4.54. The van der Waals surface area contributed by atoms with E-state index in [1.54, 1.807) is 6.07 Å². The van der Waals surface area contributed by atoms with Gasteiger partial charge in [-0.15, -0.1) is 0 Å². The lowest BCUT2D eigenvalue weighted by Crippen LogP contribution is -2.37. The van der Waals surface area contributed by atoms with E-state index in [-0.39, 0.29) is 11.8 Å². The summed E-state index contributed by atoms with van der Waals surface area (Å²) in [4.78, 5) is 19.4. The number of aryl methyl sites for hydroxylation is 2. The summed E-state index contributed by atoms with van der Waals surface area (Å²) in [5.74, 6) is 3.78. The maximum atomic E-state index is 12.9. The van der Waals surface area contributed by atoms with Crippen molar-refractivity contribution in [3.8, 4) is 0 Å². The zero-order valence-corrected chi connectivity index (χ0v) is 18.5. The molecule has 1 amide bonds. The molecule has 170 valence electrons. The van der Waals surface area contributed by atoms with Crippen molar-refractivity contribution in [2.45, 2.75) is 57.8 Å². The number of piperidine rings is 1. The number of furan rings is 1. The number of ether oxygens (including phenoxy) is 1. The summed E-state index contributed by atoms with van der Waals surface area (Å²) in [7, 11) is 0. The highest BCUT2D eigenvalue weighted by Gasteiger charge is 2.30. The molecule has 2 saturated heterocycles. The number of likely N-dealkylation sites (tertiary alicyclic amines) is 1. The molecule has 0 radical (unpaired) electrons. The van der Waals surface area contributed by atoms with E-state index in [2.05, 4.69) is 15.3 Å². The van der Waals surface area contributed by atoms with Crippen molar-refractivity contribution in [2.24, 2.45) is 0 Å². The number of rotatable bonds is 5. The zero-order valence-electron chi connectivity index (χ0n) is 18.5. The number of aromatic nitrogens is 3. The molecule has 3 aromatic rings. The Morgan fingerprint density at radius 3 is 2.53 bits per heavy atom. The minimum Gasteiger partial charge on any atom is -0.456 e.